The summed E-state index contributed by atoms with van der Waals surface area (Å²) in [6.07, 6.45) is 1.64. The van der Waals surface area contributed by atoms with Gasteiger partial charge in [-0.05, 0) is 31.5 Å². The summed E-state index contributed by atoms with van der Waals surface area (Å²) >= 11 is 7.75. The van der Waals surface area contributed by atoms with Crippen molar-refractivity contribution in [1.82, 2.24) is 15.2 Å². The summed E-state index contributed by atoms with van der Waals surface area (Å²) in [5, 5.41) is 15.8. The third-order valence-corrected chi connectivity index (χ3v) is 7.40. The fourth-order valence-electron chi connectivity index (χ4n) is 4.77. The van der Waals surface area contributed by atoms with Crippen LogP contribution < -0.4 is 5.32 Å². The second-order valence-corrected chi connectivity index (χ2v) is 10.2. The molecule has 0 radical (unpaired) electrons. The molecule has 9 nitrogen and oxygen atoms in total. The molecule has 188 valence electrons. The number of carbonyl (C=O) groups is 2. The summed E-state index contributed by atoms with van der Waals surface area (Å²) in [5.74, 6) is -2.51. The largest absolute Gasteiger partial charge is 0.480 e. The smallest absolute Gasteiger partial charge is 0.323 e. The summed E-state index contributed by atoms with van der Waals surface area (Å²) < 4.78 is 24.7. The van der Waals surface area contributed by atoms with E-state index < -0.39 is 47.4 Å². The molecule has 1 saturated heterocycles. The minimum Gasteiger partial charge on any atom is -0.480 e. The number of morpholine rings is 1. The number of amidine groups is 1. The molecule has 12 heteroatoms. The third kappa shape index (κ3) is 5.18. The molecule has 0 aliphatic carbocycles. The first-order valence-corrected chi connectivity index (χ1v) is 12.3. The van der Waals surface area contributed by atoms with E-state index in [1.807, 2.05) is 0 Å². The van der Waals surface area contributed by atoms with Gasteiger partial charge in [-0.25, -0.2) is 9.37 Å². The molecule has 2 N–H and O–H groups in total. The molecular formula is C23H26ClFN4O5S. The van der Waals surface area contributed by atoms with E-state index in [0.29, 0.717) is 29.6 Å². The average Bonchev–Trinajstić information content (AvgIpc) is 3.32. The first kappa shape index (κ1) is 25.5. The number of carboxylic acid groups (broad SMARTS) is 1. The van der Waals surface area contributed by atoms with Crippen LogP contribution in [0.15, 0.2) is 34.8 Å². The van der Waals surface area contributed by atoms with Gasteiger partial charge in [-0.2, -0.15) is 0 Å². The van der Waals surface area contributed by atoms with Crippen LogP contribution in [0.3, 0.4) is 0 Å². The van der Waals surface area contributed by atoms with E-state index in [4.69, 9.17) is 26.1 Å². The quantitative estimate of drug-likeness (QED) is 0.555. The molecule has 4 rings (SSSR count). The number of nitrogens with one attached hydrogen (secondary N) is 1. The minimum atomic E-state index is -1.02. The highest BCUT2D eigenvalue weighted by molar-refractivity contribution is 7.11. The number of benzene rings is 1. The lowest BCUT2D eigenvalue weighted by atomic mass is 9.84. The van der Waals surface area contributed by atoms with Crippen LogP contribution in [0.5, 0.6) is 0 Å². The van der Waals surface area contributed by atoms with Crippen molar-refractivity contribution in [3.63, 3.8) is 0 Å². The number of methoxy groups -OCH3 is 1. The fourth-order valence-corrected chi connectivity index (χ4v) is 5.64. The van der Waals surface area contributed by atoms with Crippen LogP contribution in [0.2, 0.25) is 5.02 Å². The van der Waals surface area contributed by atoms with Gasteiger partial charge < -0.3 is 19.9 Å². The SMILES string of the molecule is COC(=O)C1C(CN2CCOC(C)(C)[C@H]2C(=O)O)NC(c2nccs2)=NC1c1ccc(F)cc1Cl. The molecule has 1 aromatic heterocycles. The van der Waals surface area contributed by atoms with E-state index in [2.05, 4.69) is 10.3 Å². The number of thiazole rings is 1. The topological polar surface area (TPSA) is 113 Å². The van der Waals surface area contributed by atoms with E-state index in [0.717, 1.165) is 0 Å². The van der Waals surface area contributed by atoms with Crippen LogP contribution in [0.4, 0.5) is 4.39 Å². The molecule has 0 bridgehead atoms. The molecule has 4 atom stereocenters. The normalized spacial score (nSPS) is 26.5. The lowest BCUT2D eigenvalue weighted by Crippen LogP contribution is -2.64. The van der Waals surface area contributed by atoms with Crippen LogP contribution >= 0.6 is 22.9 Å². The average molecular weight is 525 g/mol. The van der Waals surface area contributed by atoms with Crippen LogP contribution in [0.1, 0.15) is 30.5 Å². The molecule has 0 spiro atoms. The molecule has 1 fully saturated rings. The summed E-state index contributed by atoms with van der Waals surface area (Å²) in [5.41, 5.74) is -0.480. The number of nitrogens with zero attached hydrogens (tertiary/aromatic N) is 3. The van der Waals surface area contributed by atoms with Crippen molar-refractivity contribution in [2.75, 3.05) is 26.8 Å². The zero-order chi connectivity index (χ0) is 25.3. The first-order chi connectivity index (χ1) is 16.6. The zero-order valence-corrected chi connectivity index (χ0v) is 21.0. The number of esters is 1. The second-order valence-electron chi connectivity index (χ2n) is 8.91. The number of hydrogen-bond donors (Lipinski definition) is 2. The number of aromatic nitrogens is 1. The summed E-state index contributed by atoms with van der Waals surface area (Å²) in [6, 6.07) is 1.58. The molecule has 0 amide bonds. The van der Waals surface area contributed by atoms with Gasteiger partial charge in [-0.15, -0.1) is 11.3 Å². The number of carboxylic acids is 1. The number of aliphatic carboxylic acids is 1. The number of carbonyl (C=O) groups excluding carboxylic acids is 1. The maximum atomic E-state index is 13.8. The standard InChI is InChI=1S/C23H26ClFN4O5S/c1-23(2)18(21(30)31)29(7-8-34-23)11-15-16(22(32)33-3)17(13-5-4-12(25)10-14(13)24)28-19(27-15)20-26-6-9-35-20/h4-6,9-10,15-18H,7-8,11H2,1-3H3,(H,27,28)(H,30,31)/t15?,16?,17?,18-/m1/s1. The molecule has 35 heavy (non-hydrogen) atoms. The maximum absolute atomic E-state index is 13.8. The van der Waals surface area contributed by atoms with E-state index in [1.54, 1.807) is 30.3 Å². The van der Waals surface area contributed by atoms with Gasteiger partial charge in [-0.1, -0.05) is 17.7 Å². The van der Waals surface area contributed by atoms with Gasteiger partial charge in [0.1, 0.15) is 17.8 Å². The van der Waals surface area contributed by atoms with Crippen LogP contribution in [0.25, 0.3) is 0 Å². The Kier molecular flexibility index (Phi) is 7.41. The maximum Gasteiger partial charge on any atom is 0.323 e. The molecule has 3 heterocycles. The van der Waals surface area contributed by atoms with Crippen LogP contribution in [-0.4, -0.2) is 77.3 Å². The predicted molar refractivity (Wildman–Crippen MR) is 128 cm³/mol. The Morgan fingerprint density at radius 2 is 2.20 bits per heavy atom. The number of ether oxygens (including phenoxy) is 2. The molecule has 3 unspecified atom stereocenters. The van der Waals surface area contributed by atoms with Gasteiger partial charge in [0, 0.05) is 29.7 Å². The minimum absolute atomic E-state index is 0.128. The molecule has 1 aromatic carbocycles. The van der Waals surface area contributed by atoms with Crippen LogP contribution in [-0.2, 0) is 19.1 Å². The second kappa shape index (κ2) is 10.2. The summed E-state index contributed by atoms with van der Waals surface area (Å²) in [7, 11) is 1.28. The Balaban J connectivity index is 1.78. The first-order valence-electron chi connectivity index (χ1n) is 11.0. The molecule has 2 aromatic rings. The van der Waals surface area contributed by atoms with Gasteiger partial charge in [-0.3, -0.25) is 19.5 Å². The fraction of sp³-hybridized carbons (Fsp3) is 0.478. The van der Waals surface area contributed by atoms with Crippen molar-refractivity contribution < 1.29 is 28.6 Å². The van der Waals surface area contributed by atoms with Crippen molar-refractivity contribution in [3.05, 3.63) is 51.2 Å². The van der Waals surface area contributed by atoms with Crippen molar-refractivity contribution in [3.8, 4) is 0 Å². The highest BCUT2D eigenvalue weighted by Crippen LogP contribution is 2.38. The van der Waals surface area contributed by atoms with Gasteiger partial charge in [0.05, 0.1) is 31.4 Å². The van der Waals surface area contributed by atoms with E-state index in [-0.39, 0.29) is 11.6 Å². The van der Waals surface area contributed by atoms with E-state index in [1.165, 1.54) is 36.6 Å². The van der Waals surface area contributed by atoms with Crippen molar-refractivity contribution in [2.45, 2.75) is 37.6 Å². The Labute approximate surface area is 210 Å². The van der Waals surface area contributed by atoms with Gasteiger partial charge in [0.25, 0.3) is 0 Å². The third-order valence-electron chi connectivity index (χ3n) is 6.29. The van der Waals surface area contributed by atoms with E-state index >= 15 is 0 Å². The number of hydrogen-bond acceptors (Lipinski definition) is 9. The number of rotatable bonds is 6. The highest BCUT2D eigenvalue weighted by atomic mass is 35.5. The lowest BCUT2D eigenvalue weighted by Gasteiger charge is -2.46. The molecule has 2 aliphatic rings. The van der Waals surface area contributed by atoms with Gasteiger partial charge in [0.2, 0.25) is 0 Å². The molecular weight excluding hydrogens is 499 g/mol. The predicted octanol–water partition coefficient (Wildman–Crippen LogP) is 2.75. The Hall–Kier alpha value is -2.60. The summed E-state index contributed by atoms with van der Waals surface area (Å²) in [6.45, 7) is 4.34. The monoisotopic (exact) mass is 524 g/mol. The van der Waals surface area contributed by atoms with Crippen molar-refractivity contribution in [1.29, 1.82) is 0 Å². The lowest BCUT2D eigenvalue weighted by molar-refractivity contribution is -0.172. The van der Waals surface area contributed by atoms with Crippen molar-refractivity contribution in [2.24, 2.45) is 10.9 Å². The highest BCUT2D eigenvalue weighted by Gasteiger charge is 2.48. The Bertz CT molecular complexity index is 1130. The summed E-state index contributed by atoms with van der Waals surface area (Å²) in [4.78, 5) is 36.1. The zero-order valence-electron chi connectivity index (χ0n) is 19.4. The molecule has 2 aliphatic heterocycles. The van der Waals surface area contributed by atoms with E-state index in [9.17, 15) is 19.1 Å². The Morgan fingerprint density at radius 3 is 2.83 bits per heavy atom. The number of halogens is 2. The molecule has 0 saturated carbocycles. The van der Waals surface area contributed by atoms with Crippen LogP contribution in [0, 0.1) is 11.7 Å². The van der Waals surface area contributed by atoms with Crippen molar-refractivity contribution >= 4 is 40.7 Å². The number of aliphatic imine (C=N–C) groups is 1. The van der Waals surface area contributed by atoms with Gasteiger partial charge >= 0.3 is 11.9 Å². The Morgan fingerprint density at radius 1 is 1.43 bits per heavy atom. The van der Waals surface area contributed by atoms with Gasteiger partial charge in [0.15, 0.2) is 10.8 Å².